The van der Waals surface area contributed by atoms with Crippen LogP contribution in [0.4, 0.5) is 0 Å². The van der Waals surface area contributed by atoms with Crippen molar-refractivity contribution in [2.45, 2.75) is 36.2 Å². The van der Waals surface area contributed by atoms with Gasteiger partial charge in [-0.1, -0.05) is 24.6 Å². The number of pyridine rings is 1. The lowest BCUT2D eigenvalue weighted by atomic mass is 9.92. The highest BCUT2D eigenvalue weighted by Crippen LogP contribution is 2.37. The molecule has 0 amide bonds. The van der Waals surface area contributed by atoms with E-state index < -0.39 is 10.8 Å². The van der Waals surface area contributed by atoms with E-state index >= 15 is 0 Å². The summed E-state index contributed by atoms with van der Waals surface area (Å²) in [5.74, 6) is 0. The maximum atomic E-state index is 12.3. The van der Waals surface area contributed by atoms with E-state index in [-0.39, 0.29) is 5.25 Å². The molecule has 3 heteroatoms. The monoisotopic (exact) mass is 283 g/mol. The highest BCUT2D eigenvalue weighted by atomic mass is 32.2. The van der Waals surface area contributed by atoms with E-state index in [1.807, 2.05) is 12.3 Å². The average molecular weight is 283 g/mol. The minimum Gasteiger partial charge on any atom is -0.259 e. The van der Waals surface area contributed by atoms with Crippen LogP contribution in [0, 0.1) is 0 Å². The first-order valence-corrected chi connectivity index (χ1v) is 8.54. The predicted octanol–water partition coefficient (Wildman–Crippen LogP) is 3.69. The molecule has 2 aliphatic rings. The molecule has 2 nitrogen and oxygen atoms in total. The van der Waals surface area contributed by atoms with Crippen LogP contribution >= 0.6 is 0 Å². The second kappa shape index (κ2) is 4.81. The Balaban J connectivity index is 1.77. The molecule has 3 unspecified atom stereocenters. The summed E-state index contributed by atoms with van der Waals surface area (Å²) in [4.78, 5) is 4.37. The van der Waals surface area contributed by atoms with E-state index in [9.17, 15) is 4.21 Å². The maximum absolute atomic E-state index is 12.3. The molecule has 1 fully saturated rings. The molecule has 3 heterocycles. The lowest BCUT2D eigenvalue weighted by Gasteiger charge is -2.32. The van der Waals surface area contributed by atoms with Crippen molar-refractivity contribution in [1.29, 1.82) is 0 Å². The molecule has 0 aliphatic carbocycles. The summed E-state index contributed by atoms with van der Waals surface area (Å²) in [5.41, 5.74) is 3.69. The fourth-order valence-electron chi connectivity index (χ4n) is 3.39. The van der Waals surface area contributed by atoms with Crippen LogP contribution in [0.25, 0.3) is 16.5 Å². The number of hydrogen-bond acceptors (Lipinski definition) is 2. The molecule has 2 aromatic rings. The average Bonchev–Trinajstić information content (AvgIpc) is 2.46. The summed E-state index contributed by atoms with van der Waals surface area (Å²) in [7, 11) is -0.646. The number of nitrogens with zero attached hydrogens (tertiary/aromatic N) is 1. The Morgan fingerprint density at radius 2 is 2.15 bits per heavy atom. The SMILES string of the molecule is O=S1C2C=C(c3ccc4ncccc4c3)CC1CCC2. The lowest BCUT2D eigenvalue weighted by Crippen LogP contribution is -2.33. The molecule has 102 valence electrons. The molecule has 2 aliphatic heterocycles. The van der Waals surface area contributed by atoms with E-state index in [2.05, 4.69) is 35.3 Å². The van der Waals surface area contributed by atoms with Crippen LogP contribution in [0.2, 0.25) is 0 Å². The number of allylic oxidation sites excluding steroid dienone is 1. The summed E-state index contributed by atoms with van der Waals surface area (Å²) < 4.78 is 12.3. The van der Waals surface area contributed by atoms with Crippen LogP contribution in [0.15, 0.2) is 42.6 Å². The Kier molecular flexibility index (Phi) is 2.95. The first-order valence-electron chi connectivity index (χ1n) is 7.26. The normalized spacial score (nSPS) is 29.2. The van der Waals surface area contributed by atoms with Gasteiger partial charge in [-0.05, 0) is 48.6 Å². The van der Waals surface area contributed by atoms with E-state index in [0.717, 1.165) is 24.8 Å². The van der Waals surface area contributed by atoms with Gasteiger partial charge in [0.15, 0.2) is 0 Å². The second-order valence-corrected chi connectivity index (χ2v) is 7.66. The van der Waals surface area contributed by atoms with Crippen molar-refractivity contribution in [3.8, 4) is 0 Å². The van der Waals surface area contributed by atoms with Crippen molar-refractivity contribution in [3.63, 3.8) is 0 Å². The first-order chi connectivity index (χ1) is 9.81. The largest absolute Gasteiger partial charge is 0.259 e. The van der Waals surface area contributed by atoms with Crippen LogP contribution < -0.4 is 0 Å². The first kappa shape index (κ1) is 12.3. The quantitative estimate of drug-likeness (QED) is 0.799. The van der Waals surface area contributed by atoms with Crippen LogP contribution in [-0.2, 0) is 10.8 Å². The molecular weight excluding hydrogens is 266 g/mol. The van der Waals surface area contributed by atoms with Gasteiger partial charge in [-0.2, -0.15) is 0 Å². The Morgan fingerprint density at radius 1 is 1.20 bits per heavy atom. The van der Waals surface area contributed by atoms with Gasteiger partial charge < -0.3 is 0 Å². The molecule has 2 bridgehead atoms. The van der Waals surface area contributed by atoms with Gasteiger partial charge >= 0.3 is 0 Å². The number of hydrogen-bond donors (Lipinski definition) is 0. The molecular formula is C17H17NOS. The highest BCUT2D eigenvalue weighted by molar-refractivity contribution is 7.86. The van der Waals surface area contributed by atoms with Gasteiger partial charge in [0.25, 0.3) is 0 Å². The van der Waals surface area contributed by atoms with Gasteiger partial charge in [-0.25, -0.2) is 0 Å². The topological polar surface area (TPSA) is 30.0 Å². The predicted molar refractivity (Wildman–Crippen MR) is 83.9 cm³/mol. The van der Waals surface area contributed by atoms with Crippen LogP contribution in [0.1, 0.15) is 31.2 Å². The molecule has 0 N–H and O–H groups in total. The Labute approximate surface area is 121 Å². The minimum absolute atomic E-state index is 0.280. The summed E-state index contributed by atoms with van der Waals surface area (Å²) in [6.07, 6.45) is 8.50. The molecule has 1 aromatic heterocycles. The summed E-state index contributed by atoms with van der Waals surface area (Å²) >= 11 is 0. The zero-order valence-corrected chi connectivity index (χ0v) is 12.1. The van der Waals surface area contributed by atoms with Gasteiger partial charge in [0, 0.05) is 27.6 Å². The van der Waals surface area contributed by atoms with Crippen LogP contribution in [0.5, 0.6) is 0 Å². The molecule has 1 aromatic carbocycles. The molecule has 1 saturated heterocycles. The van der Waals surface area contributed by atoms with Crippen LogP contribution in [-0.4, -0.2) is 19.7 Å². The second-order valence-electron chi connectivity index (χ2n) is 5.73. The molecule has 3 atom stereocenters. The van der Waals surface area contributed by atoms with Crippen molar-refractivity contribution in [2.75, 3.05) is 0 Å². The molecule has 0 spiro atoms. The van der Waals surface area contributed by atoms with Gasteiger partial charge in [-0.15, -0.1) is 0 Å². The van der Waals surface area contributed by atoms with Crippen molar-refractivity contribution >= 4 is 27.3 Å². The van der Waals surface area contributed by atoms with Gasteiger partial charge in [-0.3, -0.25) is 9.19 Å². The van der Waals surface area contributed by atoms with Gasteiger partial charge in [0.05, 0.1) is 10.8 Å². The van der Waals surface area contributed by atoms with E-state index in [1.54, 1.807) is 0 Å². The van der Waals surface area contributed by atoms with E-state index in [0.29, 0.717) is 5.25 Å². The Bertz CT molecular complexity index is 722. The summed E-state index contributed by atoms with van der Waals surface area (Å²) in [5, 5.41) is 1.84. The fraction of sp³-hybridized carbons (Fsp3) is 0.353. The van der Waals surface area contributed by atoms with E-state index in [1.165, 1.54) is 22.9 Å². The Morgan fingerprint density at radius 3 is 3.05 bits per heavy atom. The van der Waals surface area contributed by atoms with Gasteiger partial charge in [0.2, 0.25) is 0 Å². The number of fused-ring (bicyclic) bond motifs is 3. The number of rotatable bonds is 1. The zero-order chi connectivity index (χ0) is 13.5. The highest BCUT2D eigenvalue weighted by Gasteiger charge is 2.33. The van der Waals surface area contributed by atoms with Crippen molar-refractivity contribution < 1.29 is 4.21 Å². The summed E-state index contributed by atoms with van der Waals surface area (Å²) in [6.45, 7) is 0. The smallest absolute Gasteiger partial charge is 0.0702 e. The number of benzene rings is 1. The molecule has 20 heavy (non-hydrogen) atoms. The fourth-order valence-corrected chi connectivity index (χ4v) is 5.32. The molecule has 0 saturated carbocycles. The van der Waals surface area contributed by atoms with Gasteiger partial charge in [0.1, 0.15) is 0 Å². The lowest BCUT2D eigenvalue weighted by molar-refractivity contribution is 0.579. The number of aromatic nitrogens is 1. The van der Waals surface area contributed by atoms with Crippen molar-refractivity contribution in [1.82, 2.24) is 4.98 Å². The third-order valence-corrected chi connectivity index (χ3v) is 6.48. The summed E-state index contributed by atoms with van der Waals surface area (Å²) in [6, 6.07) is 10.6. The van der Waals surface area contributed by atoms with Crippen LogP contribution in [0.3, 0.4) is 0 Å². The van der Waals surface area contributed by atoms with Crippen molar-refractivity contribution in [2.24, 2.45) is 0 Å². The zero-order valence-electron chi connectivity index (χ0n) is 11.3. The van der Waals surface area contributed by atoms with E-state index in [4.69, 9.17) is 0 Å². The Hall–Kier alpha value is -1.48. The third-order valence-electron chi connectivity index (χ3n) is 4.45. The third kappa shape index (κ3) is 2.01. The molecule has 4 rings (SSSR count). The molecule has 0 radical (unpaired) electrons. The maximum Gasteiger partial charge on any atom is 0.0702 e. The standard InChI is InChI=1S/C17H17NOS/c19-20-15-4-1-5-16(20)11-14(10-15)12-6-7-17-13(9-12)3-2-8-18-17/h2-3,6-10,15-16H,1,4-5,11H2. The van der Waals surface area contributed by atoms with Crippen molar-refractivity contribution in [3.05, 3.63) is 48.2 Å². The minimum atomic E-state index is -0.646.